The lowest BCUT2D eigenvalue weighted by Crippen LogP contribution is -2.25. The number of amides is 1. The van der Waals surface area contributed by atoms with Crippen LogP contribution in [0.2, 0.25) is 0 Å². The number of hydrogen-bond acceptors (Lipinski definition) is 4. The Labute approximate surface area is 138 Å². The van der Waals surface area contributed by atoms with E-state index in [0.717, 1.165) is 11.1 Å². The number of nitrogens with one attached hydrogen (secondary N) is 1. The first-order valence-electron chi connectivity index (χ1n) is 7.49. The van der Waals surface area contributed by atoms with Gasteiger partial charge in [0.05, 0.1) is 12.2 Å². The first kappa shape index (κ1) is 15.7. The normalized spacial score (nSPS) is 10.6. The minimum atomic E-state index is -0.326. The summed E-state index contributed by atoms with van der Waals surface area (Å²) in [4.78, 5) is 28.0. The first-order valence-corrected chi connectivity index (χ1v) is 7.49. The van der Waals surface area contributed by atoms with Crippen LogP contribution in [0, 0.1) is 6.92 Å². The molecule has 0 saturated heterocycles. The van der Waals surface area contributed by atoms with E-state index in [1.165, 1.54) is 16.9 Å². The van der Waals surface area contributed by atoms with Gasteiger partial charge in [0.15, 0.2) is 0 Å². The van der Waals surface area contributed by atoms with Crippen molar-refractivity contribution in [2.24, 2.45) is 7.05 Å². The predicted molar refractivity (Wildman–Crippen MR) is 89.5 cm³/mol. The van der Waals surface area contributed by atoms with Gasteiger partial charge in [-0.3, -0.25) is 9.59 Å². The number of hydrogen-bond donors (Lipinski definition) is 1. The Morgan fingerprint density at radius 2 is 2.00 bits per heavy atom. The minimum absolute atomic E-state index is 0.226. The summed E-state index contributed by atoms with van der Waals surface area (Å²) in [6.45, 7) is 2.24. The number of pyridine rings is 1. The van der Waals surface area contributed by atoms with Crippen molar-refractivity contribution < 1.29 is 9.21 Å². The summed E-state index contributed by atoms with van der Waals surface area (Å²) in [5.74, 6) is 0.181. The van der Waals surface area contributed by atoms with Crippen LogP contribution in [-0.2, 0) is 13.6 Å². The number of carbonyl (C=O) groups is 1. The second-order valence-electron chi connectivity index (χ2n) is 5.56. The molecule has 0 aliphatic rings. The van der Waals surface area contributed by atoms with E-state index in [4.69, 9.17) is 4.42 Å². The van der Waals surface area contributed by atoms with E-state index in [1.54, 1.807) is 19.3 Å². The molecule has 0 unspecified atom stereocenters. The molecule has 122 valence electrons. The molecule has 0 fully saturated rings. The number of benzene rings is 1. The summed E-state index contributed by atoms with van der Waals surface area (Å²) >= 11 is 0. The van der Waals surface area contributed by atoms with Crippen molar-refractivity contribution in [3.63, 3.8) is 0 Å². The summed E-state index contributed by atoms with van der Waals surface area (Å²) in [5.41, 5.74) is 2.74. The van der Waals surface area contributed by atoms with E-state index in [9.17, 15) is 9.59 Å². The van der Waals surface area contributed by atoms with E-state index in [-0.39, 0.29) is 18.0 Å². The largest absolute Gasteiger partial charge is 0.444 e. The van der Waals surface area contributed by atoms with Gasteiger partial charge in [0, 0.05) is 30.4 Å². The van der Waals surface area contributed by atoms with Gasteiger partial charge < -0.3 is 14.3 Å². The Kier molecular flexibility index (Phi) is 4.29. The van der Waals surface area contributed by atoms with Crippen LogP contribution >= 0.6 is 0 Å². The van der Waals surface area contributed by atoms with Crippen LogP contribution in [0.5, 0.6) is 0 Å². The molecule has 0 radical (unpaired) electrons. The molecule has 1 N–H and O–H groups in total. The lowest BCUT2D eigenvalue weighted by Gasteiger charge is -2.03. The summed E-state index contributed by atoms with van der Waals surface area (Å²) in [7, 11) is 1.63. The third-order valence-corrected chi connectivity index (χ3v) is 3.65. The highest BCUT2D eigenvalue weighted by atomic mass is 16.3. The molecule has 0 bridgehead atoms. The van der Waals surface area contributed by atoms with Crippen LogP contribution in [0.4, 0.5) is 0 Å². The standard InChI is InChI=1S/C18H17N3O3/c1-12-3-5-13(6-4-12)18-20-15(11-24-18)10-19-17(23)14-7-8-21(2)16(22)9-14/h3-9,11H,10H2,1-2H3,(H,19,23). The van der Waals surface area contributed by atoms with Gasteiger partial charge in [-0.05, 0) is 25.1 Å². The summed E-state index contributed by atoms with van der Waals surface area (Å²) in [6.07, 6.45) is 3.07. The molecule has 2 aromatic heterocycles. The molecule has 0 aliphatic carbocycles. The number of carbonyl (C=O) groups excluding carboxylic acids is 1. The fourth-order valence-electron chi connectivity index (χ4n) is 2.18. The van der Waals surface area contributed by atoms with E-state index in [1.807, 2.05) is 31.2 Å². The molecule has 3 rings (SSSR count). The molecule has 0 spiro atoms. The summed E-state index contributed by atoms with van der Waals surface area (Å²) in [6, 6.07) is 10.7. The molecule has 24 heavy (non-hydrogen) atoms. The molecule has 0 atom stereocenters. The van der Waals surface area contributed by atoms with Gasteiger partial charge in [-0.25, -0.2) is 4.98 Å². The van der Waals surface area contributed by atoms with E-state index < -0.39 is 0 Å². The third-order valence-electron chi connectivity index (χ3n) is 3.65. The van der Waals surface area contributed by atoms with Crippen LogP contribution in [0.1, 0.15) is 21.6 Å². The molecule has 1 aromatic carbocycles. The van der Waals surface area contributed by atoms with Crippen LogP contribution in [0.15, 0.2) is 58.1 Å². The lowest BCUT2D eigenvalue weighted by atomic mass is 10.1. The van der Waals surface area contributed by atoms with Gasteiger partial charge in [-0.2, -0.15) is 0 Å². The van der Waals surface area contributed by atoms with Crippen molar-refractivity contribution in [1.82, 2.24) is 14.9 Å². The second kappa shape index (κ2) is 6.54. The van der Waals surface area contributed by atoms with Crippen molar-refractivity contribution in [3.05, 3.63) is 76.0 Å². The summed E-state index contributed by atoms with van der Waals surface area (Å²) in [5, 5.41) is 2.73. The fraction of sp³-hybridized carbons (Fsp3) is 0.167. The highest BCUT2D eigenvalue weighted by molar-refractivity contribution is 5.93. The number of aryl methyl sites for hydroxylation is 2. The zero-order valence-corrected chi connectivity index (χ0v) is 13.4. The van der Waals surface area contributed by atoms with Gasteiger partial charge in [0.2, 0.25) is 5.89 Å². The van der Waals surface area contributed by atoms with Gasteiger partial charge >= 0.3 is 0 Å². The minimum Gasteiger partial charge on any atom is -0.444 e. The van der Waals surface area contributed by atoms with Crippen molar-refractivity contribution in [3.8, 4) is 11.5 Å². The highest BCUT2D eigenvalue weighted by Gasteiger charge is 2.10. The van der Waals surface area contributed by atoms with Crippen LogP contribution in [0.3, 0.4) is 0 Å². The van der Waals surface area contributed by atoms with E-state index >= 15 is 0 Å². The average molecular weight is 323 g/mol. The molecule has 1 amide bonds. The molecular weight excluding hydrogens is 306 g/mol. The zero-order chi connectivity index (χ0) is 17.1. The molecular formula is C18H17N3O3. The Balaban J connectivity index is 1.66. The Hall–Kier alpha value is -3.15. The van der Waals surface area contributed by atoms with Gasteiger partial charge in [0.1, 0.15) is 6.26 Å². The van der Waals surface area contributed by atoms with Crippen LogP contribution in [0.25, 0.3) is 11.5 Å². The van der Waals surface area contributed by atoms with Crippen molar-refractivity contribution >= 4 is 5.91 Å². The zero-order valence-electron chi connectivity index (χ0n) is 13.4. The van der Waals surface area contributed by atoms with E-state index in [0.29, 0.717) is 17.1 Å². The molecule has 6 heteroatoms. The number of oxazole rings is 1. The third kappa shape index (κ3) is 3.43. The van der Waals surface area contributed by atoms with Crippen molar-refractivity contribution in [2.45, 2.75) is 13.5 Å². The fourth-order valence-corrected chi connectivity index (χ4v) is 2.18. The maximum Gasteiger partial charge on any atom is 0.251 e. The molecule has 6 nitrogen and oxygen atoms in total. The number of rotatable bonds is 4. The molecule has 0 aliphatic heterocycles. The quantitative estimate of drug-likeness (QED) is 0.799. The van der Waals surface area contributed by atoms with Crippen LogP contribution < -0.4 is 10.9 Å². The molecule has 0 saturated carbocycles. The smallest absolute Gasteiger partial charge is 0.251 e. The highest BCUT2D eigenvalue weighted by Crippen LogP contribution is 2.19. The Bertz CT molecular complexity index is 923. The average Bonchev–Trinajstić information content (AvgIpc) is 3.05. The number of nitrogens with zero attached hydrogens (tertiary/aromatic N) is 2. The lowest BCUT2D eigenvalue weighted by molar-refractivity contribution is 0.0950. The Morgan fingerprint density at radius 1 is 1.25 bits per heavy atom. The number of aromatic nitrogens is 2. The topological polar surface area (TPSA) is 77.1 Å². The molecule has 2 heterocycles. The first-order chi connectivity index (χ1) is 11.5. The SMILES string of the molecule is Cc1ccc(-c2nc(CNC(=O)c3ccn(C)c(=O)c3)co2)cc1. The molecule has 3 aromatic rings. The van der Waals surface area contributed by atoms with Gasteiger partial charge in [-0.1, -0.05) is 17.7 Å². The van der Waals surface area contributed by atoms with Crippen molar-refractivity contribution in [2.75, 3.05) is 0 Å². The summed E-state index contributed by atoms with van der Waals surface area (Å²) < 4.78 is 6.85. The monoisotopic (exact) mass is 323 g/mol. The van der Waals surface area contributed by atoms with Gasteiger partial charge in [-0.15, -0.1) is 0 Å². The second-order valence-corrected chi connectivity index (χ2v) is 5.56. The Morgan fingerprint density at radius 3 is 2.71 bits per heavy atom. The van der Waals surface area contributed by atoms with Crippen molar-refractivity contribution in [1.29, 1.82) is 0 Å². The van der Waals surface area contributed by atoms with E-state index in [2.05, 4.69) is 10.3 Å². The predicted octanol–water partition coefficient (Wildman–Crippen LogP) is 2.28. The van der Waals surface area contributed by atoms with Crippen LogP contribution in [-0.4, -0.2) is 15.5 Å². The maximum atomic E-state index is 12.1. The maximum absolute atomic E-state index is 12.1. The van der Waals surface area contributed by atoms with Gasteiger partial charge in [0.25, 0.3) is 11.5 Å².